The van der Waals surface area contributed by atoms with E-state index >= 15 is 0 Å². The highest BCUT2D eigenvalue weighted by Crippen LogP contribution is 2.20. The Morgan fingerprint density at radius 1 is 1.35 bits per heavy atom. The summed E-state index contributed by atoms with van der Waals surface area (Å²) in [5.74, 6) is 0.438. The third-order valence-corrected chi connectivity index (χ3v) is 4.87. The summed E-state index contributed by atoms with van der Waals surface area (Å²) in [5, 5.41) is 0. The van der Waals surface area contributed by atoms with Crippen molar-refractivity contribution >= 4 is 10.2 Å². The van der Waals surface area contributed by atoms with Crippen LogP contribution in [0.25, 0.3) is 0 Å². The molecule has 1 unspecified atom stereocenters. The molecule has 0 aromatic carbocycles. The van der Waals surface area contributed by atoms with Gasteiger partial charge in [-0.2, -0.15) is 17.0 Å². The van der Waals surface area contributed by atoms with E-state index in [1.807, 2.05) is 0 Å². The molecule has 0 amide bonds. The molecule has 1 fully saturated rings. The highest BCUT2D eigenvalue weighted by Gasteiger charge is 2.31. The van der Waals surface area contributed by atoms with E-state index in [0.717, 1.165) is 12.8 Å². The SMILES string of the molecule is C=CCN(CC=C)S(=O)(=O)N1CCCC(C)C1. The van der Waals surface area contributed by atoms with Crippen molar-refractivity contribution in [1.82, 2.24) is 8.61 Å². The van der Waals surface area contributed by atoms with Gasteiger partial charge in [-0.15, -0.1) is 13.2 Å². The third kappa shape index (κ3) is 3.66. The van der Waals surface area contributed by atoms with Crippen LogP contribution in [0, 0.1) is 5.92 Å². The summed E-state index contributed by atoms with van der Waals surface area (Å²) >= 11 is 0. The fourth-order valence-electron chi connectivity index (χ4n) is 2.07. The lowest BCUT2D eigenvalue weighted by atomic mass is 10.0. The van der Waals surface area contributed by atoms with E-state index in [1.165, 1.54) is 4.31 Å². The molecule has 1 rings (SSSR count). The number of piperidine rings is 1. The molecule has 1 heterocycles. The van der Waals surface area contributed by atoms with Gasteiger partial charge in [0, 0.05) is 26.2 Å². The largest absolute Gasteiger partial charge is 0.282 e. The Morgan fingerprint density at radius 2 is 1.94 bits per heavy atom. The molecule has 1 aliphatic rings. The van der Waals surface area contributed by atoms with Crippen LogP contribution in [0.5, 0.6) is 0 Å². The molecule has 0 N–H and O–H groups in total. The molecule has 0 saturated carbocycles. The van der Waals surface area contributed by atoms with E-state index in [1.54, 1.807) is 16.5 Å². The molecular weight excluding hydrogens is 236 g/mol. The Bertz CT molecular complexity index is 355. The smallest absolute Gasteiger partial charge is 0.195 e. The van der Waals surface area contributed by atoms with Crippen LogP contribution in [-0.2, 0) is 10.2 Å². The first-order valence-electron chi connectivity index (χ1n) is 5.99. The summed E-state index contributed by atoms with van der Waals surface area (Å²) in [6.45, 7) is 11.2. The predicted molar refractivity (Wildman–Crippen MR) is 70.9 cm³/mol. The van der Waals surface area contributed by atoms with Crippen molar-refractivity contribution in [2.75, 3.05) is 26.2 Å². The fraction of sp³-hybridized carbons (Fsp3) is 0.667. The average Bonchev–Trinajstić information content (AvgIpc) is 2.29. The zero-order chi connectivity index (χ0) is 12.9. The topological polar surface area (TPSA) is 40.6 Å². The van der Waals surface area contributed by atoms with E-state index in [2.05, 4.69) is 20.1 Å². The maximum Gasteiger partial charge on any atom is 0.282 e. The lowest BCUT2D eigenvalue weighted by Crippen LogP contribution is -2.47. The zero-order valence-corrected chi connectivity index (χ0v) is 11.3. The van der Waals surface area contributed by atoms with Crippen LogP contribution in [0.15, 0.2) is 25.3 Å². The number of rotatable bonds is 6. The van der Waals surface area contributed by atoms with Crippen molar-refractivity contribution in [2.45, 2.75) is 19.8 Å². The Hall–Kier alpha value is -0.650. The van der Waals surface area contributed by atoms with Crippen molar-refractivity contribution in [3.63, 3.8) is 0 Å². The van der Waals surface area contributed by atoms with Gasteiger partial charge in [-0.3, -0.25) is 0 Å². The average molecular weight is 258 g/mol. The molecule has 0 bridgehead atoms. The molecule has 98 valence electrons. The summed E-state index contributed by atoms with van der Waals surface area (Å²) in [7, 11) is -3.36. The predicted octanol–water partition coefficient (Wildman–Crippen LogP) is 1.64. The minimum atomic E-state index is -3.36. The Balaban J connectivity index is 2.82. The van der Waals surface area contributed by atoms with E-state index < -0.39 is 10.2 Å². The number of hydrogen-bond donors (Lipinski definition) is 0. The highest BCUT2D eigenvalue weighted by molar-refractivity contribution is 7.86. The summed E-state index contributed by atoms with van der Waals surface area (Å²) in [6, 6.07) is 0. The normalized spacial score (nSPS) is 22.6. The van der Waals surface area contributed by atoms with Crippen molar-refractivity contribution < 1.29 is 8.42 Å². The van der Waals surface area contributed by atoms with Crippen molar-refractivity contribution in [3.05, 3.63) is 25.3 Å². The van der Waals surface area contributed by atoms with Gasteiger partial charge in [0.15, 0.2) is 0 Å². The first-order chi connectivity index (χ1) is 8.02. The second-order valence-corrected chi connectivity index (χ2v) is 6.44. The second-order valence-electron chi connectivity index (χ2n) is 4.51. The van der Waals surface area contributed by atoms with Gasteiger partial charge >= 0.3 is 0 Å². The molecule has 0 aromatic rings. The van der Waals surface area contributed by atoms with Crippen LogP contribution < -0.4 is 0 Å². The summed E-state index contributed by atoms with van der Waals surface area (Å²) in [4.78, 5) is 0. The van der Waals surface area contributed by atoms with Gasteiger partial charge in [0.05, 0.1) is 0 Å². The molecule has 4 nitrogen and oxygen atoms in total. The molecule has 1 atom stereocenters. The monoisotopic (exact) mass is 258 g/mol. The van der Waals surface area contributed by atoms with E-state index in [4.69, 9.17) is 0 Å². The van der Waals surface area contributed by atoms with Crippen molar-refractivity contribution in [2.24, 2.45) is 5.92 Å². The molecule has 0 aromatic heterocycles. The van der Waals surface area contributed by atoms with Gasteiger partial charge in [0.1, 0.15) is 0 Å². The minimum absolute atomic E-state index is 0.333. The number of nitrogens with zero attached hydrogens (tertiary/aromatic N) is 2. The first kappa shape index (κ1) is 14.4. The standard InChI is InChI=1S/C12H22N2O2S/c1-4-8-13(9-5-2)17(15,16)14-10-6-7-12(3)11-14/h4-5,12H,1-2,6-11H2,3H3. The second kappa shape index (κ2) is 6.33. The Kier molecular flexibility index (Phi) is 5.36. The van der Waals surface area contributed by atoms with Gasteiger partial charge in [-0.1, -0.05) is 19.1 Å². The maximum atomic E-state index is 12.4. The number of hydrogen-bond acceptors (Lipinski definition) is 2. The van der Waals surface area contributed by atoms with Gasteiger partial charge in [0.2, 0.25) is 0 Å². The van der Waals surface area contributed by atoms with Crippen LogP contribution in [0.2, 0.25) is 0 Å². The maximum absolute atomic E-state index is 12.4. The Morgan fingerprint density at radius 3 is 2.41 bits per heavy atom. The van der Waals surface area contributed by atoms with Gasteiger partial charge in [-0.25, -0.2) is 0 Å². The zero-order valence-electron chi connectivity index (χ0n) is 10.5. The highest BCUT2D eigenvalue weighted by atomic mass is 32.2. The third-order valence-electron chi connectivity index (χ3n) is 2.94. The van der Waals surface area contributed by atoms with E-state index in [0.29, 0.717) is 32.1 Å². The van der Waals surface area contributed by atoms with Crippen LogP contribution in [0.4, 0.5) is 0 Å². The summed E-state index contributed by atoms with van der Waals surface area (Å²) in [6.07, 6.45) is 5.26. The van der Waals surface area contributed by atoms with E-state index in [9.17, 15) is 8.42 Å². The first-order valence-corrected chi connectivity index (χ1v) is 7.39. The molecular formula is C12H22N2O2S. The minimum Gasteiger partial charge on any atom is -0.195 e. The van der Waals surface area contributed by atoms with Gasteiger partial charge in [-0.05, 0) is 18.8 Å². The lowest BCUT2D eigenvalue weighted by molar-refractivity contribution is 0.263. The van der Waals surface area contributed by atoms with Gasteiger partial charge < -0.3 is 0 Å². The quantitative estimate of drug-likeness (QED) is 0.680. The molecule has 5 heteroatoms. The van der Waals surface area contributed by atoms with Crippen LogP contribution in [-0.4, -0.2) is 43.2 Å². The van der Waals surface area contributed by atoms with Crippen LogP contribution in [0.3, 0.4) is 0 Å². The molecule has 0 aliphatic carbocycles. The fourth-order valence-corrected chi connectivity index (χ4v) is 3.79. The molecule has 17 heavy (non-hydrogen) atoms. The van der Waals surface area contributed by atoms with Crippen LogP contribution >= 0.6 is 0 Å². The Labute approximate surface area is 105 Å². The van der Waals surface area contributed by atoms with Crippen LogP contribution in [0.1, 0.15) is 19.8 Å². The van der Waals surface area contributed by atoms with E-state index in [-0.39, 0.29) is 0 Å². The molecule has 0 spiro atoms. The molecule has 1 aliphatic heterocycles. The molecule has 0 radical (unpaired) electrons. The lowest BCUT2D eigenvalue weighted by Gasteiger charge is -2.33. The van der Waals surface area contributed by atoms with Crippen molar-refractivity contribution in [1.29, 1.82) is 0 Å². The van der Waals surface area contributed by atoms with Crippen molar-refractivity contribution in [3.8, 4) is 0 Å². The van der Waals surface area contributed by atoms with Gasteiger partial charge in [0.25, 0.3) is 10.2 Å². The molecule has 1 saturated heterocycles. The summed E-state index contributed by atoms with van der Waals surface area (Å²) < 4.78 is 27.7. The summed E-state index contributed by atoms with van der Waals surface area (Å²) in [5.41, 5.74) is 0.